The minimum Gasteiger partial charge on any atom is -0.492 e. The number of benzene rings is 1. The molecule has 0 unspecified atom stereocenters. The summed E-state index contributed by atoms with van der Waals surface area (Å²) in [5, 5.41) is 0. The van der Waals surface area contributed by atoms with Crippen LogP contribution in [0.2, 0.25) is 0 Å². The molecule has 0 atom stereocenters. The van der Waals surface area contributed by atoms with Crippen LogP contribution in [0.25, 0.3) is 0 Å². The average molecular weight is 312 g/mol. The summed E-state index contributed by atoms with van der Waals surface area (Å²) in [5.41, 5.74) is 6.72. The summed E-state index contributed by atoms with van der Waals surface area (Å²) in [6.45, 7) is 6.39. The molecular formula is C15H24N2O3S. The van der Waals surface area contributed by atoms with Crippen molar-refractivity contribution in [3.63, 3.8) is 0 Å². The number of anilines is 1. The molecule has 1 aliphatic rings. The molecule has 1 heterocycles. The van der Waals surface area contributed by atoms with Crippen LogP contribution in [0.1, 0.15) is 45.6 Å². The lowest BCUT2D eigenvalue weighted by atomic mass is 9.98. The molecule has 0 aromatic heterocycles. The van der Waals surface area contributed by atoms with Gasteiger partial charge in [0.25, 0.3) is 0 Å². The lowest BCUT2D eigenvalue weighted by Crippen LogP contribution is -2.45. The SMILES string of the molecule is CCC(C)(CC)NS(=O)(=O)c1cc(N)cc2c1OCCC2. The van der Waals surface area contributed by atoms with Crippen LogP contribution in [0.3, 0.4) is 0 Å². The smallest absolute Gasteiger partial charge is 0.244 e. The molecule has 0 aliphatic carbocycles. The van der Waals surface area contributed by atoms with Gasteiger partial charge in [-0.25, -0.2) is 13.1 Å². The highest BCUT2D eigenvalue weighted by atomic mass is 32.2. The number of rotatable bonds is 5. The second-order valence-electron chi connectivity index (χ2n) is 5.83. The summed E-state index contributed by atoms with van der Waals surface area (Å²) in [7, 11) is -3.66. The van der Waals surface area contributed by atoms with Crippen LogP contribution in [0.15, 0.2) is 17.0 Å². The van der Waals surface area contributed by atoms with Gasteiger partial charge >= 0.3 is 0 Å². The Kier molecular flexibility index (Phi) is 4.49. The fraction of sp³-hybridized carbons (Fsp3) is 0.600. The van der Waals surface area contributed by atoms with E-state index in [0.29, 0.717) is 30.9 Å². The largest absolute Gasteiger partial charge is 0.492 e. The van der Waals surface area contributed by atoms with Crippen LogP contribution < -0.4 is 15.2 Å². The Morgan fingerprint density at radius 2 is 2.00 bits per heavy atom. The highest BCUT2D eigenvalue weighted by molar-refractivity contribution is 7.89. The fourth-order valence-corrected chi connectivity index (χ4v) is 4.22. The van der Waals surface area contributed by atoms with Gasteiger partial charge in [-0.2, -0.15) is 0 Å². The van der Waals surface area contributed by atoms with E-state index in [-0.39, 0.29) is 4.90 Å². The number of nitrogens with two attached hydrogens (primary N) is 1. The lowest BCUT2D eigenvalue weighted by Gasteiger charge is -2.29. The summed E-state index contributed by atoms with van der Waals surface area (Å²) in [5.74, 6) is 0.456. The molecule has 118 valence electrons. The first kappa shape index (κ1) is 16.1. The quantitative estimate of drug-likeness (QED) is 0.818. The van der Waals surface area contributed by atoms with Crippen LogP contribution in [0.5, 0.6) is 5.75 Å². The van der Waals surface area contributed by atoms with Gasteiger partial charge in [0.2, 0.25) is 10.0 Å². The van der Waals surface area contributed by atoms with E-state index < -0.39 is 15.6 Å². The molecule has 1 aromatic carbocycles. The number of hydrogen-bond acceptors (Lipinski definition) is 4. The molecule has 0 bridgehead atoms. The van der Waals surface area contributed by atoms with E-state index >= 15 is 0 Å². The number of ether oxygens (including phenoxy) is 1. The van der Waals surface area contributed by atoms with Crippen molar-refractivity contribution in [2.24, 2.45) is 0 Å². The zero-order chi connectivity index (χ0) is 15.7. The van der Waals surface area contributed by atoms with E-state index in [2.05, 4.69) is 4.72 Å². The van der Waals surface area contributed by atoms with Crippen molar-refractivity contribution >= 4 is 15.7 Å². The molecule has 1 aromatic rings. The third-order valence-electron chi connectivity index (χ3n) is 4.22. The third-order valence-corrected chi connectivity index (χ3v) is 5.87. The summed E-state index contributed by atoms with van der Waals surface area (Å²) in [6, 6.07) is 3.28. The predicted octanol–water partition coefficient (Wildman–Crippen LogP) is 2.45. The lowest BCUT2D eigenvalue weighted by molar-refractivity contribution is 0.280. The average Bonchev–Trinajstić information content (AvgIpc) is 2.45. The van der Waals surface area contributed by atoms with Crippen molar-refractivity contribution in [3.8, 4) is 5.75 Å². The Hall–Kier alpha value is -1.27. The van der Waals surface area contributed by atoms with Crippen molar-refractivity contribution < 1.29 is 13.2 Å². The van der Waals surface area contributed by atoms with Gasteiger partial charge in [-0.1, -0.05) is 13.8 Å². The second-order valence-corrected chi connectivity index (χ2v) is 7.48. The van der Waals surface area contributed by atoms with Crippen molar-refractivity contribution in [3.05, 3.63) is 17.7 Å². The molecule has 0 fully saturated rings. The monoisotopic (exact) mass is 312 g/mol. The molecule has 0 amide bonds. The maximum Gasteiger partial charge on any atom is 0.244 e. The molecule has 5 nitrogen and oxygen atoms in total. The number of hydrogen-bond donors (Lipinski definition) is 2. The zero-order valence-electron chi connectivity index (χ0n) is 12.9. The molecule has 3 N–H and O–H groups in total. The van der Waals surface area contributed by atoms with Crippen LogP contribution >= 0.6 is 0 Å². The molecule has 2 rings (SSSR count). The van der Waals surface area contributed by atoms with Gasteiger partial charge < -0.3 is 10.5 Å². The van der Waals surface area contributed by atoms with Gasteiger partial charge in [-0.05, 0) is 50.3 Å². The predicted molar refractivity (Wildman–Crippen MR) is 84.0 cm³/mol. The topological polar surface area (TPSA) is 81.4 Å². The number of nitrogen functional groups attached to an aromatic ring is 1. The molecule has 0 spiro atoms. The van der Waals surface area contributed by atoms with Gasteiger partial charge in [-0.3, -0.25) is 0 Å². The van der Waals surface area contributed by atoms with E-state index in [4.69, 9.17) is 10.5 Å². The van der Waals surface area contributed by atoms with Crippen LogP contribution in [-0.4, -0.2) is 20.6 Å². The Labute approximate surface area is 126 Å². The first-order valence-electron chi connectivity index (χ1n) is 7.40. The van der Waals surface area contributed by atoms with Crippen LogP contribution in [0.4, 0.5) is 5.69 Å². The summed E-state index contributed by atoms with van der Waals surface area (Å²) < 4.78 is 33.9. The minimum atomic E-state index is -3.66. The van der Waals surface area contributed by atoms with Crippen molar-refractivity contribution in [1.29, 1.82) is 0 Å². The molecule has 6 heteroatoms. The number of sulfonamides is 1. The Morgan fingerprint density at radius 1 is 1.33 bits per heavy atom. The van der Waals surface area contributed by atoms with Crippen LogP contribution in [-0.2, 0) is 16.4 Å². The molecule has 1 aliphatic heterocycles. The first-order chi connectivity index (χ1) is 9.81. The van der Waals surface area contributed by atoms with Gasteiger partial charge in [0, 0.05) is 11.2 Å². The van der Waals surface area contributed by atoms with Gasteiger partial charge in [0.1, 0.15) is 10.6 Å². The van der Waals surface area contributed by atoms with E-state index in [9.17, 15) is 8.42 Å². The molecule has 21 heavy (non-hydrogen) atoms. The van der Waals surface area contributed by atoms with Crippen LogP contribution in [0, 0.1) is 0 Å². The highest BCUT2D eigenvalue weighted by Gasteiger charge is 2.31. The summed E-state index contributed by atoms with van der Waals surface area (Å²) in [6.07, 6.45) is 3.11. The van der Waals surface area contributed by atoms with E-state index in [1.165, 1.54) is 6.07 Å². The number of aryl methyl sites for hydroxylation is 1. The zero-order valence-corrected chi connectivity index (χ0v) is 13.7. The minimum absolute atomic E-state index is 0.158. The van der Waals surface area contributed by atoms with E-state index in [1.54, 1.807) is 6.07 Å². The molecule has 0 radical (unpaired) electrons. The third kappa shape index (κ3) is 3.32. The second kappa shape index (κ2) is 5.85. The van der Waals surface area contributed by atoms with Crippen molar-refractivity contribution in [2.45, 2.75) is 56.9 Å². The molecule has 0 saturated carbocycles. The highest BCUT2D eigenvalue weighted by Crippen LogP contribution is 2.35. The standard InChI is InChI=1S/C15H24N2O3S/c1-4-15(3,5-2)17-21(18,19)13-10-12(16)9-11-7-6-8-20-14(11)13/h9-10,17H,4-8,16H2,1-3H3. The van der Waals surface area contributed by atoms with E-state index in [1.807, 2.05) is 20.8 Å². The van der Waals surface area contributed by atoms with Crippen molar-refractivity contribution in [2.75, 3.05) is 12.3 Å². The maximum atomic E-state index is 12.7. The number of fused-ring (bicyclic) bond motifs is 1. The Balaban J connectivity index is 2.47. The van der Waals surface area contributed by atoms with Crippen molar-refractivity contribution in [1.82, 2.24) is 4.72 Å². The van der Waals surface area contributed by atoms with Gasteiger partial charge in [0.15, 0.2) is 0 Å². The molecule has 0 saturated heterocycles. The summed E-state index contributed by atoms with van der Waals surface area (Å²) in [4.78, 5) is 0.158. The maximum absolute atomic E-state index is 12.7. The first-order valence-corrected chi connectivity index (χ1v) is 8.89. The Morgan fingerprint density at radius 3 is 2.62 bits per heavy atom. The van der Waals surface area contributed by atoms with Gasteiger partial charge in [-0.15, -0.1) is 0 Å². The number of nitrogens with one attached hydrogen (secondary N) is 1. The van der Waals surface area contributed by atoms with E-state index in [0.717, 1.165) is 18.4 Å². The Bertz CT molecular complexity index is 622. The normalized spacial score (nSPS) is 15.4. The fourth-order valence-electron chi connectivity index (χ4n) is 2.44. The van der Waals surface area contributed by atoms with Gasteiger partial charge in [0.05, 0.1) is 6.61 Å². The summed E-state index contributed by atoms with van der Waals surface area (Å²) >= 11 is 0. The molecular weight excluding hydrogens is 288 g/mol.